The zero-order valence-corrected chi connectivity index (χ0v) is 18.9. The smallest absolute Gasteiger partial charge is 0.211 e. The van der Waals surface area contributed by atoms with Crippen LogP contribution >= 0.6 is 11.8 Å². The number of benzene rings is 4. The lowest BCUT2D eigenvalue weighted by Gasteiger charge is -2.16. The van der Waals surface area contributed by atoms with Gasteiger partial charge in [0.1, 0.15) is 5.75 Å². The summed E-state index contributed by atoms with van der Waals surface area (Å²) in [5.74, 6) is 0.957. The Labute approximate surface area is 192 Å². The zero-order valence-electron chi connectivity index (χ0n) is 18.0. The Bertz CT molecular complexity index is 1320. The van der Waals surface area contributed by atoms with Gasteiger partial charge < -0.3 is 9.64 Å². The van der Waals surface area contributed by atoms with Crippen molar-refractivity contribution in [2.75, 3.05) is 18.6 Å². The van der Waals surface area contributed by atoms with Crippen LogP contribution in [0.25, 0.3) is 16.8 Å². The highest BCUT2D eigenvalue weighted by atomic mass is 32.2. The monoisotopic (exact) mass is 437 g/mol. The van der Waals surface area contributed by atoms with Gasteiger partial charge in [-0.1, -0.05) is 54.2 Å². The number of hydrogen-bond acceptors (Lipinski definition) is 4. The summed E-state index contributed by atoms with van der Waals surface area (Å²) < 4.78 is 5.51. The number of likely N-dealkylation sites (N-methyl/N-ethyl adjacent to an activating group) is 1. The van der Waals surface area contributed by atoms with Gasteiger partial charge >= 0.3 is 0 Å². The number of anilines is 1. The van der Waals surface area contributed by atoms with Crippen LogP contribution in [0.2, 0.25) is 0 Å². The van der Waals surface area contributed by atoms with Crippen LogP contribution in [0.15, 0.2) is 100 Å². The maximum absolute atomic E-state index is 13.1. The van der Waals surface area contributed by atoms with Gasteiger partial charge in [0, 0.05) is 27.8 Å². The van der Waals surface area contributed by atoms with Crippen molar-refractivity contribution in [3.05, 3.63) is 102 Å². The molecule has 0 aliphatic carbocycles. The molecule has 5 rings (SSSR count). The summed E-state index contributed by atoms with van der Waals surface area (Å²) >= 11 is 1.70. The van der Waals surface area contributed by atoms with Crippen molar-refractivity contribution in [1.82, 2.24) is 0 Å². The molecule has 1 heterocycles. The van der Waals surface area contributed by atoms with Gasteiger partial charge in [-0.05, 0) is 66.4 Å². The van der Waals surface area contributed by atoms with Crippen LogP contribution in [0.4, 0.5) is 5.69 Å². The summed E-state index contributed by atoms with van der Waals surface area (Å²) in [6.07, 6.45) is 1.97. The van der Waals surface area contributed by atoms with Gasteiger partial charge in [-0.25, -0.2) is 0 Å². The first-order valence-electron chi connectivity index (χ1n) is 10.7. The van der Waals surface area contributed by atoms with Gasteiger partial charge in [-0.15, -0.1) is 0 Å². The van der Waals surface area contributed by atoms with E-state index in [-0.39, 0.29) is 5.78 Å². The zero-order chi connectivity index (χ0) is 22.1. The minimum absolute atomic E-state index is 0.0705. The molecule has 0 saturated heterocycles. The molecule has 0 saturated carbocycles. The van der Waals surface area contributed by atoms with E-state index in [0.29, 0.717) is 12.3 Å². The lowest BCUT2D eigenvalue weighted by molar-refractivity contribution is 0.104. The van der Waals surface area contributed by atoms with Crippen molar-refractivity contribution in [2.24, 2.45) is 0 Å². The van der Waals surface area contributed by atoms with E-state index in [1.807, 2.05) is 61.3 Å². The number of Topliss-reactive ketones (excluding diaryl/α,β-unsaturated/α-hetero) is 1. The summed E-state index contributed by atoms with van der Waals surface area (Å²) in [6, 6.07) is 28.6. The minimum Gasteiger partial charge on any atom is -0.494 e. The molecule has 0 spiro atoms. The SMILES string of the molecule is CCOc1ccc(Sc2ccc(/C=C3/C(=O)c4ccc5ccccc5c4N3C)cc2)cc1. The van der Waals surface area contributed by atoms with E-state index in [0.717, 1.165) is 43.1 Å². The molecule has 3 nitrogen and oxygen atoms in total. The van der Waals surface area contributed by atoms with E-state index in [4.69, 9.17) is 4.74 Å². The minimum atomic E-state index is 0.0705. The summed E-state index contributed by atoms with van der Waals surface area (Å²) in [7, 11) is 1.97. The van der Waals surface area contributed by atoms with Crippen molar-refractivity contribution in [3.8, 4) is 5.75 Å². The van der Waals surface area contributed by atoms with E-state index in [1.165, 1.54) is 0 Å². The highest BCUT2D eigenvalue weighted by Crippen LogP contribution is 2.40. The largest absolute Gasteiger partial charge is 0.494 e. The van der Waals surface area contributed by atoms with Crippen LogP contribution in [-0.4, -0.2) is 19.4 Å². The third-order valence-electron chi connectivity index (χ3n) is 5.63. The molecule has 0 N–H and O–H groups in total. The first-order valence-corrected chi connectivity index (χ1v) is 11.5. The van der Waals surface area contributed by atoms with E-state index >= 15 is 0 Å². The topological polar surface area (TPSA) is 29.5 Å². The number of allylic oxidation sites excluding steroid dienone is 1. The number of nitrogens with zero attached hydrogens (tertiary/aromatic N) is 1. The summed E-state index contributed by atoms with van der Waals surface area (Å²) in [5, 5.41) is 2.24. The van der Waals surface area contributed by atoms with Crippen LogP contribution in [0.5, 0.6) is 5.75 Å². The summed E-state index contributed by atoms with van der Waals surface area (Å²) in [5.41, 5.74) is 3.46. The van der Waals surface area contributed by atoms with Gasteiger partial charge in [0.05, 0.1) is 18.0 Å². The van der Waals surface area contributed by atoms with Crippen molar-refractivity contribution in [1.29, 1.82) is 0 Å². The lowest BCUT2D eigenvalue weighted by Crippen LogP contribution is -2.14. The average Bonchev–Trinajstić information content (AvgIpc) is 3.07. The number of hydrogen-bond donors (Lipinski definition) is 0. The predicted octanol–water partition coefficient (Wildman–Crippen LogP) is 7.06. The standard InChI is InChI=1S/C28H23NO2S/c1-3-31-21-11-15-23(16-12-21)32-22-13-8-19(9-14-22)18-26-28(30)25-17-10-20-6-4-5-7-24(20)27(25)29(26)2/h4-18H,3H2,1-2H3/b26-18-. The van der Waals surface area contributed by atoms with E-state index < -0.39 is 0 Å². The maximum atomic E-state index is 13.1. The number of carbonyl (C=O) groups is 1. The summed E-state index contributed by atoms with van der Waals surface area (Å²) in [4.78, 5) is 17.4. The molecule has 0 bridgehead atoms. The molecule has 4 aromatic rings. The number of fused-ring (bicyclic) bond motifs is 3. The van der Waals surface area contributed by atoms with Crippen molar-refractivity contribution in [2.45, 2.75) is 16.7 Å². The Balaban J connectivity index is 1.38. The Morgan fingerprint density at radius 2 is 1.56 bits per heavy atom. The molecule has 0 fully saturated rings. The molecule has 4 heteroatoms. The molecule has 0 atom stereocenters. The van der Waals surface area contributed by atoms with Crippen molar-refractivity contribution in [3.63, 3.8) is 0 Å². The normalized spacial score (nSPS) is 14.2. The number of carbonyl (C=O) groups excluding carboxylic acids is 1. The van der Waals surface area contributed by atoms with Gasteiger partial charge in [0.25, 0.3) is 0 Å². The van der Waals surface area contributed by atoms with E-state index in [1.54, 1.807) is 11.8 Å². The predicted molar refractivity (Wildman–Crippen MR) is 133 cm³/mol. The van der Waals surface area contributed by atoms with Crippen LogP contribution < -0.4 is 9.64 Å². The van der Waals surface area contributed by atoms with E-state index in [2.05, 4.69) is 48.5 Å². The Morgan fingerprint density at radius 1 is 0.875 bits per heavy atom. The Kier molecular flexibility index (Phi) is 5.46. The molecule has 0 amide bonds. The van der Waals surface area contributed by atoms with Gasteiger partial charge in [-0.3, -0.25) is 4.79 Å². The molecule has 1 aliphatic heterocycles. The molecule has 32 heavy (non-hydrogen) atoms. The molecule has 0 radical (unpaired) electrons. The first kappa shape index (κ1) is 20.4. The highest BCUT2D eigenvalue weighted by Gasteiger charge is 2.31. The fraction of sp³-hybridized carbons (Fsp3) is 0.107. The van der Waals surface area contributed by atoms with Crippen LogP contribution in [-0.2, 0) is 0 Å². The Morgan fingerprint density at radius 3 is 2.28 bits per heavy atom. The van der Waals surface area contributed by atoms with Crippen LogP contribution in [0, 0.1) is 0 Å². The first-order chi connectivity index (χ1) is 15.6. The molecular formula is C28H23NO2S. The Hall–Kier alpha value is -3.50. The molecule has 4 aromatic carbocycles. The molecule has 158 valence electrons. The summed E-state index contributed by atoms with van der Waals surface area (Å²) in [6.45, 7) is 2.65. The van der Waals surface area contributed by atoms with Crippen molar-refractivity contribution < 1.29 is 9.53 Å². The van der Waals surface area contributed by atoms with Crippen LogP contribution in [0.1, 0.15) is 22.8 Å². The van der Waals surface area contributed by atoms with Crippen molar-refractivity contribution >= 4 is 40.1 Å². The quantitative estimate of drug-likeness (QED) is 0.313. The van der Waals surface area contributed by atoms with Gasteiger partial charge in [0.2, 0.25) is 5.78 Å². The second-order valence-corrected chi connectivity index (χ2v) is 8.82. The average molecular weight is 438 g/mol. The number of rotatable bonds is 5. The number of ether oxygens (including phenoxy) is 1. The fourth-order valence-corrected chi connectivity index (χ4v) is 4.89. The maximum Gasteiger partial charge on any atom is 0.211 e. The molecule has 0 aromatic heterocycles. The lowest BCUT2D eigenvalue weighted by atomic mass is 10.0. The third-order valence-corrected chi connectivity index (χ3v) is 6.64. The van der Waals surface area contributed by atoms with E-state index in [9.17, 15) is 4.79 Å². The third kappa shape index (κ3) is 3.78. The molecular weight excluding hydrogens is 414 g/mol. The number of ketones is 1. The van der Waals surface area contributed by atoms with Crippen LogP contribution in [0.3, 0.4) is 0 Å². The fourth-order valence-electron chi connectivity index (χ4n) is 4.07. The second kappa shape index (κ2) is 8.56. The second-order valence-electron chi connectivity index (χ2n) is 7.68. The van der Waals surface area contributed by atoms with Gasteiger partial charge in [0.15, 0.2) is 0 Å². The molecule has 1 aliphatic rings. The molecule has 0 unspecified atom stereocenters. The van der Waals surface area contributed by atoms with Gasteiger partial charge in [-0.2, -0.15) is 0 Å². The highest BCUT2D eigenvalue weighted by molar-refractivity contribution is 7.99.